The number of guanidine groups is 1. The minimum absolute atomic E-state index is 0. The first-order chi connectivity index (χ1) is 13.2. The van der Waals surface area contributed by atoms with Crippen LogP contribution in [0.1, 0.15) is 39.2 Å². The highest BCUT2D eigenvalue weighted by Crippen LogP contribution is 2.19. The molecule has 1 aromatic rings. The van der Waals surface area contributed by atoms with Crippen molar-refractivity contribution in [1.29, 1.82) is 0 Å². The molecule has 1 rings (SSSR count). The summed E-state index contributed by atoms with van der Waals surface area (Å²) in [6.45, 7) is 8.18. The van der Waals surface area contributed by atoms with Crippen molar-refractivity contribution in [3.05, 3.63) is 29.8 Å². The third kappa shape index (κ3) is 9.63. The van der Waals surface area contributed by atoms with Gasteiger partial charge in [-0.05, 0) is 43.2 Å². The van der Waals surface area contributed by atoms with Crippen molar-refractivity contribution in [1.82, 2.24) is 14.9 Å². The van der Waals surface area contributed by atoms with Crippen molar-refractivity contribution < 1.29 is 13.5 Å². The maximum Gasteiger partial charge on any atom is 0.242 e. The van der Waals surface area contributed by atoms with Crippen molar-refractivity contribution >= 4 is 40.0 Å². The quantitative estimate of drug-likeness (QED) is 0.228. The molecule has 0 heterocycles. The van der Waals surface area contributed by atoms with Crippen LogP contribution in [0.2, 0.25) is 0 Å². The Hall–Kier alpha value is -0.910. The summed E-state index contributed by atoms with van der Waals surface area (Å²) >= 11 is 0. The first-order valence-electron chi connectivity index (χ1n) is 9.85. The normalized spacial score (nSPS) is 13.3. The molecule has 0 radical (unpaired) electrons. The molecule has 0 aliphatic carbocycles. The molecule has 0 bridgehead atoms. The van der Waals surface area contributed by atoms with Crippen LogP contribution >= 0.6 is 24.0 Å². The standard InChI is InChI=1S/C20H36N4O3S.HI/c1-6-21-20(22-14-17(11-12-25)13-16(2)3)23-15-18-9-7-8-10-19(18)28(26,27)24(4)5;/h7-10,16-17,25H,6,11-15H2,1-5H3,(H2,21,22,23);1H. The topological polar surface area (TPSA) is 94.0 Å². The molecule has 0 aliphatic heterocycles. The van der Waals surface area contributed by atoms with Crippen LogP contribution in [0.4, 0.5) is 0 Å². The second-order valence-corrected chi connectivity index (χ2v) is 9.60. The molecule has 0 aromatic heterocycles. The number of aliphatic hydroxyl groups excluding tert-OH is 1. The minimum Gasteiger partial charge on any atom is -0.396 e. The van der Waals surface area contributed by atoms with Gasteiger partial charge in [-0.3, -0.25) is 0 Å². The third-order valence-corrected chi connectivity index (χ3v) is 6.30. The van der Waals surface area contributed by atoms with E-state index in [-0.39, 0.29) is 42.0 Å². The van der Waals surface area contributed by atoms with Crippen LogP contribution in [0.5, 0.6) is 0 Å². The van der Waals surface area contributed by atoms with E-state index in [0.717, 1.165) is 12.8 Å². The van der Waals surface area contributed by atoms with Crippen LogP contribution < -0.4 is 10.6 Å². The number of aliphatic imine (C=N–C) groups is 1. The number of aliphatic hydroxyl groups is 1. The Balaban J connectivity index is 0.00000784. The third-order valence-electron chi connectivity index (χ3n) is 4.38. The molecule has 0 aliphatic rings. The van der Waals surface area contributed by atoms with Gasteiger partial charge in [-0.1, -0.05) is 32.0 Å². The SMILES string of the molecule is CCNC(=NCc1ccccc1S(=O)(=O)N(C)C)NCC(CCO)CC(C)C.I. The first-order valence-corrected chi connectivity index (χ1v) is 11.3. The molecule has 1 unspecified atom stereocenters. The summed E-state index contributed by atoms with van der Waals surface area (Å²) < 4.78 is 26.3. The molecule has 3 N–H and O–H groups in total. The largest absolute Gasteiger partial charge is 0.396 e. The molecule has 1 aromatic carbocycles. The second-order valence-electron chi connectivity index (χ2n) is 7.48. The fourth-order valence-corrected chi connectivity index (χ4v) is 4.09. The van der Waals surface area contributed by atoms with Gasteiger partial charge in [0.25, 0.3) is 0 Å². The average molecular weight is 541 g/mol. The summed E-state index contributed by atoms with van der Waals surface area (Å²) in [5.74, 6) is 1.56. The Morgan fingerprint density at radius 3 is 2.41 bits per heavy atom. The van der Waals surface area contributed by atoms with E-state index in [0.29, 0.717) is 36.4 Å². The number of benzene rings is 1. The van der Waals surface area contributed by atoms with E-state index in [1.165, 1.54) is 18.4 Å². The van der Waals surface area contributed by atoms with Gasteiger partial charge in [0.15, 0.2) is 5.96 Å². The summed E-state index contributed by atoms with van der Waals surface area (Å²) in [5, 5.41) is 15.8. The van der Waals surface area contributed by atoms with E-state index in [9.17, 15) is 13.5 Å². The number of nitrogens with one attached hydrogen (secondary N) is 2. The van der Waals surface area contributed by atoms with Gasteiger partial charge < -0.3 is 15.7 Å². The number of hydrogen-bond acceptors (Lipinski definition) is 4. The van der Waals surface area contributed by atoms with Gasteiger partial charge in [-0.25, -0.2) is 17.7 Å². The molecular weight excluding hydrogens is 503 g/mol. The van der Waals surface area contributed by atoms with E-state index < -0.39 is 10.0 Å². The van der Waals surface area contributed by atoms with Gasteiger partial charge in [-0.2, -0.15) is 0 Å². The fraction of sp³-hybridized carbons (Fsp3) is 0.650. The smallest absolute Gasteiger partial charge is 0.242 e. The maximum atomic E-state index is 12.5. The molecule has 1 atom stereocenters. The van der Waals surface area contributed by atoms with Crippen molar-refractivity contribution in [2.75, 3.05) is 33.8 Å². The second kappa shape index (κ2) is 14.2. The van der Waals surface area contributed by atoms with E-state index in [4.69, 9.17) is 0 Å². The summed E-state index contributed by atoms with van der Waals surface area (Å²) in [7, 11) is -0.469. The molecule has 168 valence electrons. The van der Waals surface area contributed by atoms with E-state index in [2.05, 4.69) is 29.5 Å². The van der Waals surface area contributed by atoms with Crippen molar-refractivity contribution in [3.63, 3.8) is 0 Å². The van der Waals surface area contributed by atoms with E-state index in [1.807, 2.05) is 13.0 Å². The lowest BCUT2D eigenvalue weighted by Crippen LogP contribution is -2.40. The molecule has 9 heteroatoms. The highest BCUT2D eigenvalue weighted by molar-refractivity contribution is 14.0. The predicted molar refractivity (Wildman–Crippen MR) is 130 cm³/mol. The van der Waals surface area contributed by atoms with E-state index >= 15 is 0 Å². The summed E-state index contributed by atoms with van der Waals surface area (Å²) in [6.07, 6.45) is 1.77. The lowest BCUT2D eigenvalue weighted by atomic mass is 9.94. The number of hydrogen-bond donors (Lipinski definition) is 3. The van der Waals surface area contributed by atoms with Crippen LogP contribution in [-0.2, 0) is 16.6 Å². The van der Waals surface area contributed by atoms with Gasteiger partial charge >= 0.3 is 0 Å². The van der Waals surface area contributed by atoms with Gasteiger partial charge in [0.2, 0.25) is 10.0 Å². The zero-order valence-electron chi connectivity index (χ0n) is 18.2. The lowest BCUT2D eigenvalue weighted by Gasteiger charge is -2.20. The number of rotatable bonds is 11. The molecule has 0 spiro atoms. The lowest BCUT2D eigenvalue weighted by molar-refractivity contribution is 0.243. The highest BCUT2D eigenvalue weighted by atomic mass is 127. The summed E-state index contributed by atoms with van der Waals surface area (Å²) in [5.41, 5.74) is 0.655. The highest BCUT2D eigenvalue weighted by Gasteiger charge is 2.20. The zero-order valence-corrected chi connectivity index (χ0v) is 21.3. The molecular formula is C20H37IN4O3S. The first kappa shape index (κ1) is 28.1. The van der Waals surface area contributed by atoms with Crippen molar-refractivity contribution in [2.24, 2.45) is 16.8 Å². The van der Waals surface area contributed by atoms with Gasteiger partial charge in [0, 0.05) is 33.8 Å². The van der Waals surface area contributed by atoms with Crippen LogP contribution in [0.25, 0.3) is 0 Å². The number of nitrogens with zero attached hydrogens (tertiary/aromatic N) is 2. The van der Waals surface area contributed by atoms with Crippen LogP contribution in [-0.4, -0.2) is 57.6 Å². The Morgan fingerprint density at radius 1 is 1.21 bits per heavy atom. The van der Waals surface area contributed by atoms with E-state index in [1.54, 1.807) is 18.2 Å². The van der Waals surface area contributed by atoms with Crippen LogP contribution in [0.15, 0.2) is 34.2 Å². The van der Waals surface area contributed by atoms with Crippen LogP contribution in [0.3, 0.4) is 0 Å². The van der Waals surface area contributed by atoms with Crippen molar-refractivity contribution in [3.8, 4) is 0 Å². The molecule has 0 saturated heterocycles. The molecule has 7 nitrogen and oxygen atoms in total. The Morgan fingerprint density at radius 2 is 1.86 bits per heavy atom. The monoisotopic (exact) mass is 540 g/mol. The molecule has 0 fully saturated rings. The maximum absolute atomic E-state index is 12.5. The molecule has 0 amide bonds. The fourth-order valence-electron chi connectivity index (χ4n) is 2.98. The number of halogens is 1. The summed E-state index contributed by atoms with van der Waals surface area (Å²) in [4.78, 5) is 4.85. The Labute approximate surface area is 193 Å². The average Bonchev–Trinajstić information content (AvgIpc) is 2.63. The molecule has 29 heavy (non-hydrogen) atoms. The summed E-state index contributed by atoms with van der Waals surface area (Å²) in [6, 6.07) is 6.94. The minimum atomic E-state index is -3.52. The number of sulfonamides is 1. The Bertz CT molecular complexity index is 724. The van der Waals surface area contributed by atoms with Gasteiger partial charge in [-0.15, -0.1) is 24.0 Å². The Kier molecular flexibility index (Phi) is 13.7. The molecule has 0 saturated carbocycles. The zero-order chi connectivity index (χ0) is 21.2. The van der Waals surface area contributed by atoms with Crippen LogP contribution in [0, 0.1) is 11.8 Å². The van der Waals surface area contributed by atoms with Crippen molar-refractivity contribution in [2.45, 2.75) is 45.1 Å². The van der Waals surface area contributed by atoms with Gasteiger partial charge in [0.05, 0.1) is 11.4 Å². The van der Waals surface area contributed by atoms with Gasteiger partial charge in [0.1, 0.15) is 0 Å². The predicted octanol–water partition coefficient (Wildman–Crippen LogP) is 2.65.